The number of carbonyl (C=O) groups excluding carboxylic acids is 3. The maximum atomic E-state index is 11.8. The molecule has 0 spiro atoms. The number of hydrogen-bond donors (Lipinski definition) is 2. The highest BCUT2D eigenvalue weighted by molar-refractivity contribution is 6.28. The molecule has 0 heterocycles. The number of nitrogens with one attached hydrogen (secondary N) is 2. The third-order valence-electron chi connectivity index (χ3n) is 2.91. The Hall–Kier alpha value is -2.08. The van der Waals surface area contributed by atoms with Gasteiger partial charge in [-0.1, -0.05) is 30.3 Å². The maximum absolute atomic E-state index is 11.8. The lowest BCUT2D eigenvalue weighted by molar-refractivity contribution is -0.127. The van der Waals surface area contributed by atoms with Crippen molar-refractivity contribution in [2.24, 2.45) is 0 Å². The minimum absolute atomic E-state index is 0.113. The van der Waals surface area contributed by atoms with E-state index in [9.17, 15) is 14.4 Å². The molecular weight excluding hydrogens is 308 g/mol. The van der Waals surface area contributed by atoms with Crippen LogP contribution in [0, 0.1) is 0 Å². The molecule has 1 rings (SSSR count). The van der Waals surface area contributed by atoms with Gasteiger partial charge in [-0.05, 0) is 19.4 Å². The highest BCUT2D eigenvalue weighted by Crippen LogP contribution is 2.00. The summed E-state index contributed by atoms with van der Waals surface area (Å²) in [5.74, 6) is -0.959. The van der Waals surface area contributed by atoms with E-state index in [0.29, 0.717) is 0 Å². The lowest BCUT2D eigenvalue weighted by atomic mass is 10.2. The van der Waals surface area contributed by atoms with Crippen LogP contribution in [0.25, 0.3) is 0 Å². The first-order valence-corrected chi connectivity index (χ1v) is 7.33. The Morgan fingerprint density at radius 3 is 2.32 bits per heavy atom. The molecule has 22 heavy (non-hydrogen) atoms. The average molecular weight is 327 g/mol. The van der Waals surface area contributed by atoms with Crippen LogP contribution in [0.15, 0.2) is 30.3 Å². The lowest BCUT2D eigenvalue weighted by Crippen LogP contribution is -2.49. The fraction of sp³-hybridized carbons (Fsp3) is 0.400. The molecule has 0 aromatic heterocycles. The molecule has 0 saturated carbocycles. The Balaban J connectivity index is 2.37. The summed E-state index contributed by atoms with van der Waals surface area (Å²) in [6, 6.07) is 7.65. The molecule has 0 saturated heterocycles. The van der Waals surface area contributed by atoms with Gasteiger partial charge in [0.25, 0.3) is 0 Å². The van der Waals surface area contributed by atoms with E-state index in [-0.39, 0.29) is 18.3 Å². The summed E-state index contributed by atoms with van der Waals surface area (Å²) in [6.45, 7) is 3.14. The summed E-state index contributed by atoms with van der Waals surface area (Å²) in [7, 11) is 0. The number of Topliss-reactive ketones (excluding diaryl/α,β-unsaturated/α-hetero) is 1. The smallest absolute Gasteiger partial charge is 0.408 e. The Labute approximate surface area is 134 Å². The van der Waals surface area contributed by atoms with Gasteiger partial charge in [0.1, 0.15) is 12.6 Å². The summed E-state index contributed by atoms with van der Waals surface area (Å²) >= 11 is 5.40. The second-order valence-corrected chi connectivity index (χ2v) is 5.03. The van der Waals surface area contributed by atoms with Crippen LogP contribution in [0.2, 0.25) is 0 Å². The van der Waals surface area contributed by atoms with Crippen molar-refractivity contribution < 1.29 is 19.1 Å². The van der Waals surface area contributed by atoms with E-state index in [0.717, 1.165) is 5.56 Å². The Bertz CT molecular complexity index is 522. The number of alkyl halides is 1. The number of rotatable bonds is 7. The summed E-state index contributed by atoms with van der Waals surface area (Å²) in [5.41, 5.74) is 0.844. The summed E-state index contributed by atoms with van der Waals surface area (Å²) < 4.78 is 5.00. The van der Waals surface area contributed by atoms with E-state index < -0.39 is 24.1 Å². The molecule has 0 aliphatic carbocycles. The molecule has 2 atom stereocenters. The third-order valence-corrected chi connectivity index (χ3v) is 3.18. The quantitative estimate of drug-likeness (QED) is 0.746. The first kappa shape index (κ1) is 18.0. The Kier molecular flexibility index (Phi) is 7.39. The first-order chi connectivity index (χ1) is 10.4. The maximum Gasteiger partial charge on any atom is 0.408 e. The Morgan fingerprint density at radius 1 is 1.09 bits per heavy atom. The fourth-order valence-electron chi connectivity index (χ4n) is 1.54. The van der Waals surface area contributed by atoms with Crippen LogP contribution in [0.3, 0.4) is 0 Å². The highest BCUT2D eigenvalue weighted by atomic mass is 35.5. The van der Waals surface area contributed by atoms with Gasteiger partial charge in [-0.3, -0.25) is 9.59 Å². The number of ketones is 1. The molecule has 0 unspecified atom stereocenters. The molecule has 0 aliphatic heterocycles. The topological polar surface area (TPSA) is 84.5 Å². The standard InChI is InChI=1S/C15H19ClN2O4/c1-10(13(19)8-16)17-14(20)11(2)18-15(21)22-9-12-6-4-3-5-7-12/h3-7,10-11H,8-9H2,1-2H3,(H,17,20)(H,18,21)/t10-,11-/m0/s1. The molecule has 0 bridgehead atoms. The molecule has 0 fully saturated rings. The number of amides is 2. The van der Waals surface area contributed by atoms with Crippen molar-refractivity contribution in [2.45, 2.75) is 32.5 Å². The number of alkyl carbamates (subject to hydrolysis) is 1. The van der Waals surface area contributed by atoms with Crippen molar-refractivity contribution in [1.29, 1.82) is 0 Å². The van der Waals surface area contributed by atoms with Crippen LogP contribution in [-0.4, -0.2) is 35.7 Å². The molecule has 6 nitrogen and oxygen atoms in total. The van der Waals surface area contributed by atoms with Crippen molar-refractivity contribution in [3.63, 3.8) is 0 Å². The van der Waals surface area contributed by atoms with Gasteiger partial charge in [0.2, 0.25) is 5.91 Å². The molecule has 1 aromatic carbocycles. The van der Waals surface area contributed by atoms with Crippen LogP contribution in [0.4, 0.5) is 4.79 Å². The van der Waals surface area contributed by atoms with Crippen molar-refractivity contribution >= 4 is 29.4 Å². The van der Waals surface area contributed by atoms with E-state index in [2.05, 4.69) is 10.6 Å². The van der Waals surface area contributed by atoms with E-state index in [4.69, 9.17) is 16.3 Å². The van der Waals surface area contributed by atoms with Crippen molar-refractivity contribution in [2.75, 3.05) is 5.88 Å². The molecule has 0 aliphatic rings. The number of benzene rings is 1. The van der Waals surface area contributed by atoms with Crippen molar-refractivity contribution in [1.82, 2.24) is 10.6 Å². The van der Waals surface area contributed by atoms with Gasteiger partial charge in [-0.2, -0.15) is 0 Å². The minimum atomic E-state index is -0.825. The lowest BCUT2D eigenvalue weighted by Gasteiger charge is -2.17. The van der Waals surface area contributed by atoms with Gasteiger partial charge in [-0.25, -0.2) is 4.79 Å². The van der Waals surface area contributed by atoms with E-state index >= 15 is 0 Å². The summed E-state index contributed by atoms with van der Waals surface area (Å²) in [6.07, 6.45) is -0.706. The van der Waals surface area contributed by atoms with Crippen LogP contribution < -0.4 is 10.6 Å². The van der Waals surface area contributed by atoms with Gasteiger partial charge < -0.3 is 15.4 Å². The first-order valence-electron chi connectivity index (χ1n) is 6.80. The van der Waals surface area contributed by atoms with Crippen LogP contribution in [-0.2, 0) is 20.9 Å². The van der Waals surface area contributed by atoms with Crippen molar-refractivity contribution in [3.05, 3.63) is 35.9 Å². The molecule has 0 radical (unpaired) electrons. The zero-order valence-electron chi connectivity index (χ0n) is 12.5. The fourth-order valence-corrected chi connectivity index (χ4v) is 1.77. The highest BCUT2D eigenvalue weighted by Gasteiger charge is 2.20. The predicted octanol–water partition coefficient (Wildman–Crippen LogP) is 1.61. The second kappa shape index (κ2) is 9.04. The normalized spacial score (nSPS) is 12.9. The van der Waals surface area contributed by atoms with Crippen LogP contribution >= 0.6 is 11.6 Å². The number of hydrogen-bond acceptors (Lipinski definition) is 4. The second-order valence-electron chi connectivity index (χ2n) is 4.76. The molecule has 2 amide bonds. The zero-order chi connectivity index (χ0) is 16.5. The van der Waals surface area contributed by atoms with Crippen molar-refractivity contribution in [3.8, 4) is 0 Å². The molecule has 120 valence electrons. The molecule has 2 N–H and O–H groups in total. The van der Waals surface area contributed by atoms with E-state index in [1.807, 2.05) is 30.3 Å². The van der Waals surface area contributed by atoms with E-state index in [1.54, 1.807) is 0 Å². The van der Waals surface area contributed by atoms with E-state index in [1.165, 1.54) is 13.8 Å². The van der Waals surface area contributed by atoms with Crippen LogP contribution in [0.1, 0.15) is 19.4 Å². The SMILES string of the molecule is C[C@H](NC(=O)[C@H](C)NC(=O)OCc1ccccc1)C(=O)CCl. The summed E-state index contributed by atoms with van der Waals surface area (Å²) in [5, 5.41) is 4.86. The number of halogens is 1. The van der Waals surface area contributed by atoms with Gasteiger partial charge in [0, 0.05) is 0 Å². The van der Waals surface area contributed by atoms with Crippen LogP contribution in [0.5, 0.6) is 0 Å². The van der Waals surface area contributed by atoms with Gasteiger partial charge in [0.15, 0.2) is 5.78 Å². The largest absolute Gasteiger partial charge is 0.445 e. The monoisotopic (exact) mass is 326 g/mol. The number of carbonyl (C=O) groups is 3. The summed E-state index contributed by atoms with van der Waals surface area (Å²) in [4.78, 5) is 34.7. The number of ether oxygens (including phenoxy) is 1. The van der Waals surface area contributed by atoms with Gasteiger partial charge in [-0.15, -0.1) is 11.6 Å². The molecular formula is C15H19ClN2O4. The zero-order valence-corrected chi connectivity index (χ0v) is 13.2. The third kappa shape index (κ3) is 6.13. The minimum Gasteiger partial charge on any atom is -0.445 e. The predicted molar refractivity (Wildman–Crippen MR) is 82.6 cm³/mol. The molecule has 7 heteroatoms. The Morgan fingerprint density at radius 2 is 1.73 bits per heavy atom. The molecule has 1 aromatic rings. The van der Waals surface area contributed by atoms with Gasteiger partial charge >= 0.3 is 6.09 Å². The average Bonchev–Trinajstić information content (AvgIpc) is 2.52. The van der Waals surface area contributed by atoms with Gasteiger partial charge in [0.05, 0.1) is 11.9 Å².